The summed E-state index contributed by atoms with van der Waals surface area (Å²) in [5, 5.41) is 0.415. The fraction of sp³-hybridized carbons (Fsp3) is 0.125. The first-order chi connectivity index (χ1) is 5.68. The van der Waals surface area contributed by atoms with Gasteiger partial charge >= 0.3 is 5.11 Å². The van der Waals surface area contributed by atoms with Crippen LogP contribution in [0.15, 0.2) is 28.7 Å². The summed E-state index contributed by atoms with van der Waals surface area (Å²) >= 11 is 4.81. The molecular weight excluding hydrogens is 236 g/mol. The zero-order valence-electron chi connectivity index (χ0n) is 6.46. The second-order valence-corrected chi connectivity index (χ2v) is 4.28. The van der Waals surface area contributed by atoms with Gasteiger partial charge in [-0.15, -0.1) is 0 Å². The minimum Gasteiger partial charge on any atom is -0.243 e. The van der Waals surface area contributed by atoms with Crippen LogP contribution in [0.1, 0.15) is 5.56 Å². The lowest BCUT2D eigenvalue weighted by molar-refractivity contribution is 1.41. The predicted octanol–water partition coefficient (Wildman–Crippen LogP) is 1.04. The van der Waals surface area contributed by atoms with E-state index in [0.29, 0.717) is 5.11 Å². The smallest absolute Gasteiger partial charge is 0.243 e. The number of benzene rings is 1. The molecule has 0 saturated heterocycles. The molecule has 0 saturated carbocycles. The summed E-state index contributed by atoms with van der Waals surface area (Å²) in [5.41, 5.74) is 11.9. The molecule has 0 heterocycles. The molecule has 0 aliphatic heterocycles. The van der Waals surface area contributed by atoms with E-state index in [4.69, 9.17) is 11.5 Å². The van der Waals surface area contributed by atoms with Crippen LogP contribution in [-0.2, 0) is 17.1 Å². The molecule has 0 aliphatic rings. The monoisotopic (exact) mass is 245 g/mol. The molecule has 0 unspecified atom stereocenters. The summed E-state index contributed by atoms with van der Waals surface area (Å²) in [6.45, 7) is 0. The molecule has 1 aromatic carbocycles. The van der Waals surface area contributed by atoms with Gasteiger partial charge in [-0.1, -0.05) is 28.1 Å². The fourth-order valence-corrected chi connectivity index (χ4v) is 1.54. The molecular formula is C8H10BrN2S+. The van der Waals surface area contributed by atoms with Crippen LogP contribution in [0.4, 0.5) is 0 Å². The van der Waals surface area contributed by atoms with Crippen molar-refractivity contribution in [2.45, 2.75) is 5.75 Å². The third-order valence-corrected chi connectivity index (χ3v) is 2.66. The van der Waals surface area contributed by atoms with E-state index in [2.05, 4.69) is 15.9 Å². The summed E-state index contributed by atoms with van der Waals surface area (Å²) in [6, 6.07) is 8.09. The summed E-state index contributed by atoms with van der Waals surface area (Å²) in [7, 11) is 0. The van der Waals surface area contributed by atoms with Gasteiger partial charge in [0.1, 0.15) is 0 Å². The summed E-state index contributed by atoms with van der Waals surface area (Å²) < 4.78 is 1.08. The van der Waals surface area contributed by atoms with Gasteiger partial charge in [-0.05, 0) is 12.1 Å². The molecule has 0 fully saturated rings. The topological polar surface area (TPSA) is 52.0 Å². The van der Waals surface area contributed by atoms with Gasteiger partial charge in [-0.3, -0.25) is 0 Å². The zero-order chi connectivity index (χ0) is 8.97. The third-order valence-electron chi connectivity index (χ3n) is 1.32. The van der Waals surface area contributed by atoms with E-state index in [1.165, 1.54) is 16.9 Å². The lowest BCUT2D eigenvalue weighted by atomic mass is 10.2. The first kappa shape index (κ1) is 9.80. The van der Waals surface area contributed by atoms with E-state index in [1.807, 2.05) is 24.3 Å². The van der Waals surface area contributed by atoms with E-state index in [9.17, 15) is 0 Å². The highest BCUT2D eigenvalue weighted by molar-refractivity contribution is 9.10. The Labute approximate surface area is 84.0 Å². The molecule has 2 nitrogen and oxygen atoms in total. The first-order valence-corrected chi connectivity index (χ1v) is 5.21. The van der Waals surface area contributed by atoms with Crippen molar-refractivity contribution in [3.8, 4) is 0 Å². The summed E-state index contributed by atoms with van der Waals surface area (Å²) in [6.07, 6.45) is 0. The molecule has 64 valence electrons. The SMILES string of the molecule is NC(N)=[S+]Cc1ccc(Br)cc1. The van der Waals surface area contributed by atoms with Crippen molar-refractivity contribution in [2.24, 2.45) is 11.5 Å². The van der Waals surface area contributed by atoms with Gasteiger partial charge in [0.15, 0.2) is 0 Å². The van der Waals surface area contributed by atoms with Crippen molar-refractivity contribution >= 4 is 32.4 Å². The average molecular weight is 246 g/mol. The normalized spacial score (nSPS) is 9.58. The lowest BCUT2D eigenvalue weighted by Crippen LogP contribution is -2.23. The van der Waals surface area contributed by atoms with Crippen LogP contribution in [0.5, 0.6) is 0 Å². The van der Waals surface area contributed by atoms with Crippen LogP contribution in [-0.4, -0.2) is 5.11 Å². The standard InChI is InChI=1S/C8H10BrN2S/c9-7-3-1-6(2-4-7)5-12-8(10)11/h1-4H,5,10-11H2/q+1. The average Bonchev–Trinajstić information content (AvgIpc) is 2.03. The van der Waals surface area contributed by atoms with Crippen molar-refractivity contribution in [1.82, 2.24) is 0 Å². The van der Waals surface area contributed by atoms with Crippen molar-refractivity contribution in [2.75, 3.05) is 0 Å². The highest BCUT2D eigenvalue weighted by atomic mass is 79.9. The van der Waals surface area contributed by atoms with Crippen LogP contribution in [0.25, 0.3) is 0 Å². The molecule has 4 heteroatoms. The van der Waals surface area contributed by atoms with Crippen LogP contribution in [0, 0.1) is 0 Å². The summed E-state index contributed by atoms with van der Waals surface area (Å²) in [5.74, 6) is 0.829. The molecule has 0 aromatic heterocycles. The Morgan fingerprint density at radius 2 is 1.83 bits per heavy atom. The van der Waals surface area contributed by atoms with Gasteiger partial charge in [-0.25, -0.2) is 11.5 Å². The Hall–Kier alpha value is -0.290. The Bertz CT molecular complexity index is 278. The molecule has 0 bridgehead atoms. The van der Waals surface area contributed by atoms with Gasteiger partial charge in [0, 0.05) is 10.0 Å². The van der Waals surface area contributed by atoms with Crippen molar-refractivity contribution in [1.29, 1.82) is 0 Å². The van der Waals surface area contributed by atoms with Crippen molar-refractivity contribution in [3.63, 3.8) is 0 Å². The van der Waals surface area contributed by atoms with Gasteiger partial charge < -0.3 is 0 Å². The second-order valence-electron chi connectivity index (χ2n) is 2.32. The quantitative estimate of drug-likeness (QED) is 0.605. The Balaban J connectivity index is 2.65. The van der Waals surface area contributed by atoms with E-state index < -0.39 is 0 Å². The maximum atomic E-state index is 5.32. The number of nitrogens with two attached hydrogens (primary N) is 2. The number of halogens is 1. The second kappa shape index (κ2) is 4.67. The first-order valence-electron chi connectivity index (χ1n) is 3.43. The number of hydrogen-bond acceptors (Lipinski definition) is 0. The molecule has 4 N–H and O–H groups in total. The van der Waals surface area contributed by atoms with E-state index in [1.54, 1.807) is 0 Å². The molecule has 0 aliphatic carbocycles. The Kier molecular flexibility index (Phi) is 3.81. The minimum atomic E-state index is 0.415. The third kappa shape index (κ3) is 3.40. The lowest BCUT2D eigenvalue weighted by Gasteiger charge is -1.89. The Morgan fingerprint density at radius 1 is 1.25 bits per heavy atom. The molecule has 1 rings (SSSR count). The molecule has 0 spiro atoms. The van der Waals surface area contributed by atoms with Gasteiger partial charge in [0.25, 0.3) is 0 Å². The largest absolute Gasteiger partial charge is 0.315 e. The van der Waals surface area contributed by atoms with Gasteiger partial charge in [0.05, 0.1) is 0 Å². The fourth-order valence-electron chi connectivity index (χ4n) is 0.747. The van der Waals surface area contributed by atoms with Crippen LogP contribution < -0.4 is 11.5 Å². The number of rotatable bonds is 2. The highest BCUT2D eigenvalue weighted by Crippen LogP contribution is 2.10. The van der Waals surface area contributed by atoms with Crippen LogP contribution in [0.3, 0.4) is 0 Å². The maximum Gasteiger partial charge on any atom is 0.315 e. The maximum absolute atomic E-state index is 5.32. The molecule has 0 amide bonds. The van der Waals surface area contributed by atoms with E-state index in [0.717, 1.165) is 10.2 Å². The van der Waals surface area contributed by atoms with E-state index >= 15 is 0 Å². The summed E-state index contributed by atoms with van der Waals surface area (Å²) in [4.78, 5) is 0. The van der Waals surface area contributed by atoms with Gasteiger partial charge in [0.2, 0.25) is 17.1 Å². The molecule has 0 radical (unpaired) electrons. The Morgan fingerprint density at radius 3 is 2.33 bits per heavy atom. The molecule has 12 heavy (non-hydrogen) atoms. The van der Waals surface area contributed by atoms with Gasteiger partial charge in [-0.2, -0.15) is 0 Å². The number of hydrogen-bond donors (Lipinski definition) is 2. The molecule has 1 aromatic rings. The highest BCUT2D eigenvalue weighted by Gasteiger charge is 2.00. The molecule has 0 atom stereocenters. The van der Waals surface area contributed by atoms with Crippen LogP contribution >= 0.6 is 15.9 Å². The van der Waals surface area contributed by atoms with Crippen molar-refractivity contribution < 1.29 is 0 Å². The van der Waals surface area contributed by atoms with Crippen LogP contribution in [0.2, 0.25) is 0 Å². The van der Waals surface area contributed by atoms with Crippen molar-refractivity contribution in [3.05, 3.63) is 34.3 Å². The van der Waals surface area contributed by atoms with E-state index in [-0.39, 0.29) is 0 Å². The zero-order valence-corrected chi connectivity index (χ0v) is 8.86. The minimum absolute atomic E-state index is 0.415. The predicted molar refractivity (Wildman–Crippen MR) is 58.6 cm³/mol.